The minimum absolute atomic E-state index is 0.743. The summed E-state index contributed by atoms with van der Waals surface area (Å²) in [6, 6.07) is 10.3. The van der Waals surface area contributed by atoms with Gasteiger partial charge in [-0.15, -0.1) is 0 Å². The van der Waals surface area contributed by atoms with E-state index in [1.54, 1.807) is 0 Å². The van der Waals surface area contributed by atoms with Gasteiger partial charge in [-0.1, -0.05) is 30.4 Å². The summed E-state index contributed by atoms with van der Waals surface area (Å²) in [6.45, 7) is 0. The van der Waals surface area contributed by atoms with Gasteiger partial charge in [-0.05, 0) is 46.9 Å². The van der Waals surface area contributed by atoms with E-state index in [1.165, 1.54) is 16.5 Å². The van der Waals surface area contributed by atoms with E-state index in [-0.39, 0.29) is 0 Å². The van der Waals surface area contributed by atoms with Gasteiger partial charge >= 0.3 is 0 Å². The minimum Gasteiger partial charge on any atom is -0.298 e. The first-order chi connectivity index (χ1) is 7.86. The Kier molecular flexibility index (Phi) is 2.10. The van der Waals surface area contributed by atoms with Crippen molar-refractivity contribution >= 4 is 23.1 Å². The largest absolute Gasteiger partial charge is 0.298 e. The number of aryl methyl sites for hydroxylation is 1. The molecule has 0 amide bonds. The fourth-order valence-corrected chi connectivity index (χ4v) is 2.28. The van der Waals surface area contributed by atoms with Crippen LogP contribution in [-0.4, -0.2) is 6.29 Å². The molecule has 0 bridgehead atoms. The van der Waals surface area contributed by atoms with Gasteiger partial charge < -0.3 is 0 Å². The van der Waals surface area contributed by atoms with Crippen LogP contribution >= 0.6 is 0 Å². The summed E-state index contributed by atoms with van der Waals surface area (Å²) in [7, 11) is 0. The molecule has 0 saturated carbocycles. The van der Waals surface area contributed by atoms with Gasteiger partial charge in [0.25, 0.3) is 0 Å². The second-order valence-electron chi connectivity index (χ2n) is 4.22. The van der Waals surface area contributed by atoms with Crippen LogP contribution in [0.3, 0.4) is 0 Å². The van der Waals surface area contributed by atoms with Crippen molar-refractivity contribution in [3.05, 3.63) is 53.1 Å². The van der Waals surface area contributed by atoms with Crippen molar-refractivity contribution in [2.45, 2.75) is 12.8 Å². The van der Waals surface area contributed by atoms with Gasteiger partial charge in [0.05, 0.1) is 0 Å². The number of carbonyl (C=O) groups is 1. The predicted octanol–water partition coefficient (Wildman–Crippen LogP) is 3.61. The predicted molar refractivity (Wildman–Crippen MR) is 66.7 cm³/mol. The lowest BCUT2D eigenvalue weighted by molar-refractivity contribution is 0.112. The molecule has 16 heavy (non-hydrogen) atoms. The van der Waals surface area contributed by atoms with Gasteiger partial charge in [-0.2, -0.15) is 0 Å². The van der Waals surface area contributed by atoms with Crippen LogP contribution in [0.2, 0.25) is 0 Å². The van der Waals surface area contributed by atoms with E-state index >= 15 is 0 Å². The highest BCUT2D eigenvalue weighted by molar-refractivity contribution is 5.91. The van der Waals surface area contributed by atoms with E-state index in [0.29, 0.717) is 0 Å². The number of aldehydes is 1. The third-order valence-electron chi connectivity index (χ3n) is 3.14. The van der Waals surface area contributed by atoms with Crippen molar-refractivity contribution in [3.63, 3.8) is 0 Å². The summed E-state index contributed by atoms with van der Waals surface area (Å²) < 4.78 is 0. The zero-order valence-electron chi connectivity index (χ0n) is 8.94. The standard InChI is InChI=1S/C15H12O/c16-10-11-5-6-14-8-12-3-1-2-4-13(12)9-15(14)7-11/h2,4-10H,1,3H2. The first kappa shape index (κ1) is 9.34. The highest BCUT2D eigenvalue weighted by Gasteiger charge is 2.06. The fraction of sp³-hybridized carbons (Fsp3) is 0.133. The van der Waals surface area contributed by atoms with E-state index in [9.17, 15) is 4.79 Å². The Labute approximate surface area is 94.4 Å². The second kappa shape index (κ2) is 3.60. The lowest BCUT2D eigenvalue weighted by Gasteiger charge is -2.11. The molecule has 0 unspecified atom stereocenters. The van der Waals surface area contributed by atoms with Gasteiger partial charge in [0.15, 0.2) is 0 Å². The minimum atomic E-state index is 0.743. The molecule has 0 fully saturated rings. The molecule has 3 rings (SSSR count). The summed E-state index contributed by atoms with van der Waals surface area (Å²) >= 11 is 0. The van der Waals surface area contributed by atoms with Gasteiger partial charge in [0.2, 0.25) is 0 Å². The topological polar surface area (TPSA) is 17.1 Å². The van der Waals surface area contributed by atoms with E-state index < -0.39 is 0 Å². The monoisotopic (exact) mass is 208 g/mol. The van der Waals surface area contributed by atoms with E-state index in [1.807, 2.05) is 18.2 Å². The Morgan fingerprint density at radius 3 is 2.88 bits per heavy atom. The summed E-state index contributed by atoms with van der Waals surface area (Å²) in [4.78, 5) is 10.7. The van der Waals surface area contributed by atoms with Crippen LogP contribution in [0, 0.1) is 0 Å². The first-order valence-corrected chi connectivity index (χ1v) is 5.55. The molecule has 0 heterocycles. The molecular formula is C15H12O. The Morgan fingerprint density at radius 1 is 1.06 bits per heavy atom. The van der Waals surface area contributed by atoms with Crippen LogP contribution in [0.25, 0.3) is 16.8 Å². The van der Waals surface area contributed by atoms with E-state index in [4.69, 9.17) is 0 Å². The van der Waals surface area contributed by atoms with Gasteiger partial charge in [0, 0.05) is 5.56 Å². The second-order valence-corrected chi connectivity index (χ2v) is 4.22. The molecule has 0 radical (unpaired) electrons. The maximum atomic E-state index is 10.7. The van der Waals surface area contributed by atoms with Crippen molar-refractivity contribution in [2.24, 2.45) is 0 Å². The molecule has 1 aliphatic rings. The van der Waals surface area contributed by atoms with Crippen LogP contribution in [-0.2, 0) is 6.42 Å². The van der Waals surface area contributed by atoms with Crippen molar-refractivity contribution in [2.75, 3.05) is 0 Å². The molecule has 0 saturated heterocycles. The average Bonchev–Trinajstić information content (AvgIpc) is 2.35. The SMILES string of the molecule is O=Cc1ccc2cc3c(cc2c1)C=CCC3. The van der Waals surface area contributed by atoms with E-state index in [0.717, 1.165) is 30.1 Å². The lowest BCUT2D eigenvalue weighted by atomic mass is 9.93. The molecule has 1 nitrogen and oxygen atoms in total. The molecule has 1 heteroatoms. The normalized spacial score (nSPS) is 13.8. The third kappa shape index (κ3) is 1.45. The highest BCUT2D eigenvalue weighted by atomic mass is 16.1. The molecule has 2 aromatic carbocycles. The molecule has 1 aliphatic carbocycles. The van der Waals surface area contributed by atoms with Crippen molar-refractivity contribution in [1.82, 2.24) is 0 Å². The van der Waals surface area contributed by atoms with Crippen LogP contribution in [0.4, 0.5) is 0 Å². The van der Waals surface area contributed by atoms with E-state index in [2.05, 4.69) is 24.3 Å². The molecule has 0 aromatic heterocycles. The lowest BCUT2D eigenvalue weighted by Crippen LogP contribution is -1.94. The van der Waals surface area contributed by atoms with Crippen molar-refractivity contribution in [1.29, 1.82) is 0 Å². The van der Waals surface area contributed by atoms with Crippen LogP contribution in [0.5, 0.6) is 0 Å². The summed E-state index contributed by atoms with van der Waals surface area (Å²) in [5.41, 5.74) is 3.45. The van der Waals surface area contributed by atoms with Crippen LogP contribution < -0.4 is 0 Å². The molecular weight excluding hydrogens is 196 g/mol. The van der Waals surface area contributed by atoms with Gasteiger partial charge in [-0.3, -0.25) is 4.79 Å². The molecule has 0 atom stereocenters. The molecule has 2 aromatic rings. The van der Waals surface area contributed by atoms with Gasteiger partial charge in [0.1, 0.15) is 6.29 Å². The first-order valence-electron chi connectivity index (χ1n) is 5.55. The molecule has 0 spiro atoms. The summed E-state index contributed by atoms with van der Waals surface area (Å²) in [6.07, 6.45) is 7.53. The number of hydrogen-bond acceptors (Lipinski definition) is 1. The number of hydrogen-bond donors (Lipinski definition) is 0. The maximum absolute atomic E-state index is 10.7. The van der Waals surface area contributed by atoms with Crippen molar-refractivity contribution in [3.8, 4) is 0 Å². The number of allylic oxidation sites excluding steroid dienone is 1. The fourth-order valence-electron chi connectivity index (χ4n) is 2.28. The highest BCUT2D eigenvalue weighted by Crippen LogP contribution is 2.25. The number of rotatable bonds is 1. The Bertz CT molecular complexity index is 594. The molecule has 0 aliphatic heterocycles. The van der Waals surface area contributed by atoms with Crippen LogP contribution in [0.15, 0.2) is 36.4 Å². The van der Waals surface area contributed by atoms with Crippen molar-refractivity contribution < 1.29 is 4.79 Å². The van der Waals surface area contributed by atoms with Crippen LogP contribution in [0.1, 0.15) is 27.9 Å². The molecule has 0 N–H and O–H groups in total. The number of carbonyl (C=O) groups excluding carboxylic acids is 1. The zero-order chi connectivity index (χ0) is 11.0. The maximum Gasteiger partial charge on any atom is 0.150 e. The summed E-state index contributed by atoms with van der Waals surface area (Å²) in [5, 5.41) is 2.37. The Balaban J connectivity index is 2.28. The Hall–Kier alpha value is -1.89. The zero-order valence-corrected chi connectivity index (χ0v) is 8.94. The molecule has 78 valence electrons. The third-order valence-corrected chi connectivity index (χ3v) is 3.14. The van der Waals surface area contributed by atoms with Gasteiger partial charge in [-0.25, -0.2) is 0 Å². The number of benzene rings is 2. The average molecular weight is 208 g/mol. The quantitative estimate of drug-likeness (QED) is 0.654. The Morgan fingerprint density at radius 2 is 2.00 bits per heavy atom. The number of fused-ring (bicyclic) bond motifs is 2. The smallest absolute Gasteiger partial charge is 0.150 e. The summed E-state index contributed by atoms with van der Waals surface area (Å²) in [5.74, 6) is 0.